The van der Waals surface area contributed by atoms with Crippen LogP contribution in [0, 0.1) is 0 Å². The highest BCUT2D eigenvalue weighted by Gasteiger charge is 2.16. The van der Waals surface area contributed by atoms with Gasteiger partial charge >= 0.3 is 0 Å². The molecule has 0 aliphatic carbocycles. The molecule has 1 N–H and O–H groups in total. The van der Waals surface area contributed by atoms with Crippen molar-refractivity contribution in [2.24, 2.45) is 0 Å². The van der Waals surface area contributed by atoms with Gasteiger partial charge in [0, 0.05) is 17.8 Å². The molecule has 104 valence electrons. The summed E-state index contributed by atoms with van der Waals surface area (Å²) in [7, 11) is 2.20. The highest BCUT2D eigenvalue weighted by molar-refractivity contribution is 5.55. The van der Waals surface area contributed by atoms with Crippen LogP contribution in [0.2, 0.25) is 0 Å². The third-order valence-electron chi connectivity index (χ3n) is 3.86. The monoisotopic (exact) mass is 262 g/mol. The lowest BCUT2D eigenvalue weighted by Gasteiger charge is -2.22. The van der Waals surface area contributed by atoms with Gasteiger partial charge in [0.2, 0.25) is 0 Å². The van der Waals surface area contributed by atoms with Crippen LogP contribution < -0.4 is 14.8 Å². The third kappa shape index (κ3) is 3.13. The first-order chi connectivity index (χ1) is 9.31. The summed E-state index contributed by atoms with van der Waals surface area (Å²) in [4.78, 5) is 2.41. The van der Waals surface area contributed by atoms with E-state index in [0.29, 0.717) is 19.3 Å². The molecule has 0 spiro atoms. The second-order valence-corrected chi connectivity index (χ2v) is 5.43. The van der Waals surface area contributed by atoms with E-state index < -0.39 is 0 Å². The molecular formula is C15H22N2O2. The molecule has 19 heavy (non-hydrogen) atoms. The Kier molecular flexibility index (Phi) is 3.78. The number of fused-ring (bicyclic) bond motifs is 1. The van der Waals surface area contributed by atoms with Crippen LogP contribution in [0.25, 0.3) is 0 Å². The Labute approximate surface area is 114 Å². The fraction of sp³-hybridized carbons (Fsp3) is 0.600. The Morgan fingerprint density at radius 3 is 2.84 bits per heavy atom. The minimum atomic E-state index is 0.563. The SMILES string of the molecule is CN1CCCC(Nc2ccc3c(c2)OCCO3)CC1. The van der Waals surface area contributed by atoms with E-state index in [9.17, 15) is 0 Å². The molecule has 1 aromatic carbocycles. The molecule has 3 rings (SSSR count). The van der Waals surface area contributed by atoms with Gasteiger partial charge in [0.1, 0.15) is 13.2 Å². The summed E-state index contributed by atoms with van der Waals surface area (Å²) in [5, 5.41) is 3.63. The van der Waals surface area contributed by atoms with Crippen molar-refractivity contribution in [3.05, 3.63) is 18.2 Å². The fourth-order valence-electron chi connectivity index (χ4n) is 2.75. The van der Waals surface area contributed by atoms with Crippen LogP contribution in [0.15, 0.2) is 18.2 Å². The molecule has 2 aliphatic rings. The van der Waals surface area contributed by atoms with Gasteiger partial charge in [0.05, 0.1) is 0 Å². The Hall–Kier alpha value is -1.42. The van der Waals surface area contributed by atoms with Crippen molar-refractivity contribution in [1.82, 2.24) is 4.90 Å². The van der Waals surface area contributed by atoms with Crippen molar-refractivity contribution < 1.29 is 9.47 Å². The van der Waals surface area contributed by atoms with Crippen LogP contribution in [-0.4, -0.2) is 44.3 Å². The quantitative estimate of drug-likeness (QED) is 0.887. The van der Waals surface area contributed by atoms with E-state index in [0.717, 1.165) is 17.2 Å². The molecule has 1 unspecified atom stereocenters. The summed E-state index contributed by atoms with van der Waals surface area (Å²) in [6.45, 7) is 3.67. The smallest absolute Gasteiger partial charge is 0.163 e. The molecule has 0 aromatic heterocycles. The maximum Gasteiger partial charge on any atom is 0.163 e. The largest absolute Gasteiger partial charge is 0.486 e. The molecule has 0 amide bonds. The van der Waals surface area contributed by atoms with Crippen LogP contribution in [0.5, 0.6) is 11.5 Å². The van der Waals surface area contributed by atoms with E-state index in [2.05, 4.69) is 29.4 Å². The summed E-state index contributed by atoms with van der Waals surface area (Å²) in [6, 6.07) is 6.71. The fourth-order valence-corrected chi connectivity index (χ4v) is 2.75. The van der Waals surface area contributed by atoms with Gasteiger partial charge in [0.25, 0.3) is 0 Å². The van der Waals surface area contributed by atoms with E-state index in [1.54, 1.807) is 0 Å². The van der Waals surface area contributed by atoms with Crippen molar-refractivity contribution >= 4 is 5.69 Å². The summed E-state index contributed by atoms with van der Waals surface area (Å²) < 4.78 is 11.2. The lowest BCUT2D eigenvalue weighted by molar-refractivity contribution is 0.171. The van der Waals surface area contributed by atoms with E-state index in [1.165, 1.54) is 32.4 Å². The minimum Gasteiger partial charge on any atom is -0.486 e. The second kappa shape index (κ2) is 5.70. The zero-order valence-electron chi connectivity index (χ0n) is 11.5. The van der Waals surface area contributed by atoms with Crippen LogP contribution in [0.1, 0.15) is 19.3 Å². The number of nitrogens with one attached hydrogen (secondary N) is 1. The Bertz CT molecular complexity index is 436. The predicted molar refractivity (Wildman–Crippen MR) is 76.2 cm³/mol. The number of hydrogen-bond acceptors (Lipinski definition) is 4. The second-order valence-electron chi connectivity index (χ2n) is 5.43. The Balaban J connectivity index is 1.66. The maximum atomic E-state index is 5.62. The molecular weight excluding hydrogens is 240 g/mol. The average Bonchev–Trinajstić information content (AvgIpc) is 2.64. The number of hydrogen-bond donors (Lipinski definition) is 1. The molecule has 0 radical (unpaired) electrons. The van der Waals surface area contributed by atoms with Crippen molar-refractivity contribution in [2.45, 2.75) is 25.3 Å². The average molecular weight is 262 g/mol. The van der Waals surface area contributed by atoms with Crippen LogP contribution >= 0.6 is 0 Å². The first-order valence-electron chi connectivity index (χ1n) is 7.16. The maximum absolute atomic E-state index is 5.62. The van der Waals surface area contributed by atoms with Gasteiger partial charge in [-0.2, -0.15) is 0 Å². The third-order valence-corrected chi connectivity index (χ3v) is 3.86. The molecule has 2 aliphatic heterocycles. The molecule has 4 nitrogen and oxygen atoms in total. The van der Waals surface area contributed by atoms with Gasteiger partial charge in [-0.25, -0.2) is 0 Å². The van der Waals surface area contributed by atoms with Gasteiger partial charge < -0.3 is 19.7 Å². The van der Waals surface area contributed by atoms with Gasteiger partial charge in [0.15, 0.2) is 11.5 Å². The van der Waals surface area contributed by atoms with E-state index in [1.807, 2.05) is 6.07 Å². The highest BCUT2D eigenvalue weighted by Crippen LogP contribution is 2.33. The molecule has 1 fully saturated rings. The van der Waals surface area contributed by atoms with Crippen molar-refractivity contribution in [2.75, 3.05) is 38.7 Å². The van der Waals surface area contributed by atoms with Crippen molar-refractivity contribution in [1.29, 1.82) is 0 Å². The van der Waals surface area contributed by atoms with Crippen molar-refractivity contribution in [3.63, 3.8) is 0 Å². The van der Waals surface area contributed by atoms with Gasteiger partial charge in [-0.15, -0.1) is 0 Å². The standard InChI is InChI=1S/C15H22N2O2/c1-17-7-2-3-12(6-8-17)16-13-4-5-14-15(11-13)19-10-9-18-14/h4-5,11-12,16H,2-3,6-10H2,1H3. The number of rotatable bonds is 2. The summed E-state index contributed by atoms with van der Waals surface area (Å²) in [6.07, 6.45) is 3.70. The number of nitrogens with zero attached hydrogens (tertiary/aromatic N) is 1. The number of likely N-dealkylation sites (tertiary alicyclic amines) is 1. The summed E-state index contributed by atoms with van der Waals surface area (Å²) in [5.41, 5.74) is 1.14. The number of anilines is 1. The van der Waals surface area contributed by atoms with Crippen LogP contribution in [0.4, 0.5) is 5.69 Å². The number of benzene rings is 1. The topological polar surface area (TPSA) is 33.7 Å². The lowest BCUT2D eigenvalue weighted by Crippen LogP contribution is -2.23. The first-order valence-corrected chi connectivity index (χ1v) is 7.16. The normalized spacial score (nSPS) is 23.7. The van der Waals surface area contributed by atoms with Gasteiger partial charge in [-0.05, 0) is 51.5 Å². The molecule has 1 atom stereocenters. The zero-order chi connectivity index (χ0) is 13.1. The zero-order valence-corrected chi connectivity index (χ0v) is 11.5. The number of ether oxygens (including phenoxy) is 2. The highest BCUT2D eigenvalue weighted by atomic mass is 16.6. The Morgan fingerprint density at radius 1 is 1.11 bits per heavy atom. The van der Waals surface area contributed by atoms with Crippen molar-refractivity contribution in [3.8, 4) is 11.5 Å². The van der Waals surface area contributed by atoms with E-state index in [4.69, 9.17) is 9.47 Å². The van der Waals surface area contributed by atoms with Crippen LogP contribution in [0.3, 0.4) is 0 Å². The van der Waals surface area contributed by atoms with E-state index >= 15 is 0 Å². The molecule has 1 aromatic rings. The van der Waals surface area contributed by atoms with E-state index in [-0.39, 0.29) is 0 Å². The lowest BCUT2D eigenvalue weighted by atomic mass is 10.1. The summed E-state index contributed by atoms with van der Waals surface area (Å²) >= 11 is 0. The molecule has 4 heteroatoms. The molecule has 1 saturated heterocycles. The molecule has 0 saturated carbocycles. The van der Waals surface area contributed by atoms with Gasteiger partial charge in [-0.3, -0.25) is 0 Å². The predicted octanol–water partition coefficient (Wildman–Crippen LogP) is 2.35. The summed E-state index contributed by atoms with van der Waals surface area (Å²) in [5.74, 6) is 1.72. The first kappa shape index (κ1) is 12.6. The van der Waals surface area contributed by atoms with Crippen LogP contribution in [-0.2, 0) is 0 Å². The molecule has 0 bridgehead atoms. The van der Waals surface area contributed by atoms with Gasteiger partial charge in [-0.1, -0.05) is 0 Å². The molecule has 2 heterocycles. The Morgan fingerprint density at radius 2 is 1.95 bits per heavy atom. The minimum absolute atomic E-state index is 0.563.